The first-order valence-corrected chi connectivity index (χ1v) is 18.0. The zero-order valence-electron chi connectivity index (χ0n) is 29.7. The summed E-state index contributed by atoms with van der Waals surface area (Å²) in [6.07, 6.45) is 0. The van der Waals surface area contributed by atoms with Crippen molar-refractivity contribution in [3.63, 3.8) is 0 Å². The van der Waals surface area contributed by atoms with Crippen molar-refractivity contribution in [1.82, 2.24) is 0 Å². The lowest BCUT2D eigenvalue weighted by molar-refractivity contribution is 0.660. The van der Waals surface area contributed by atoms with E-state index >= 15 is 0 Å². The summed E-state index contributed by atoms with van der Waals surface area (Å²) >= 11 is 0. The molecule has 10 rings (SSSR count). The molecule has 0 saturated heterocycles. The van der Waals surface area contributed by atoms with E-state index < -0.39 is 0 Å². The molecule has 7 aromatic carbocycles. The number of nitrogens with zero attached hydrogens (tertiary/aromatic N) is 1. The lowest BCUT2D eigenvalue weighted by Crippen LogP contribution is -2.18. The monoisotopic (exact) mass is 643 g/mol. The molecule has 3 aliphatic rings. The van der Waals surface area contributed by atoms with Gasteiger partial charge in [0.15, 0.2) is 0 Å². The summed E-state index contributed by atoms with van der Waals surface area (Å²) < 4.78 is 0. The van der Waals surface area contributed by atoms with Gasteiger partial charge in [0.1, 0.15) is 0 Å². The molecule has 7 aromatic rings. The van der Waals surface area contributed by atoms with Crippen LogP contribution in [0.25, 0.3) is 44.2 Å². The molecular formula is C49H41N. The van der Waals surface area contributed by atoms with Crippen molar-refractivity contribution in [1.29, 1.82) is 0 Å². The molecule has 0 amide bonds. The molecule has 0 fully saturated rings. The molecule has 0 radical (unpaired) electrons. The molecule has 1 heteroatoms. The third kappa shape index (κ3) is 3.73. The van der Waals surface area contributed by atoms with Crippen LogP contribution in [0.15, 0.2) is 140 Å². The van der Waals surface area contributed by atoms with Gasteiger partial charge in [-0.25, -0.2) is 0 Å². The van der Waals surface area contributed by atoms with E-state index in [1.807, 2.05) is 0 Å². The van der Waals surface area contributed by atoms with E-state index in [1.165, 1.54) is 94.6 Å². The minimum atomic E-state index is -0.0991. The largest absolute Gasteiger partial charge is 0.310 e. The summed E-state index contributed by atoms with van der Waals surface area (Å²) in [7, 11) is 0. The Morgan fingerprint density at radius 3 is 1.38 bits per heavy atom. The molecule has 0 saturated carbocycles. The third-order valence-electron chi connectivity index (χ3n) is 12.5. The van der Waals surface area contributed by atoms with Crippen molar-refractivity contribution in [2.75, 3.05) is 4.90 Å². The molecule has 0 unspecified atom stereocenters. The Bertz CT molecular complexity index is 2470. The lowest BCUT2D eigenvalue weighted by atomic mass is 9.81. The van der Waals surface area contributed by atoms with Gasteiger partial charge >= 0.3 is 0 Å². The second kappa shape index (κ2) is 9.86. The van der Waals surface area contributed by atoms with Gasteiger partial charge in [-0.2, -0.15) is 0 Å². The van der Waals surface area contributed by atoms with Crippen LogP contribution in [0.2, 0.25) is 0 Å². The number of rotatable bonds is 3. The van der Waals surface area contributed by atoms with Gasteiger partial charge in [0.2, 0.25) is 0 Å². The summed E-state index contributed by atoms with van der Waals surface area (Å²) in [5.41, 5.74) is 19.8. The van der Waals surface area contributed by atoms with E-state index in [9.17, 15) is 0 Å². The Morgan fingerprint density at radius 1 is 0.360 bits per heavy atom. The Hall–Kier alpha value is -5.40. The maximum atomic E-state index is 2.55. The number of hydrogen-bond donors (Lipinski definition) is 0. The fraction of sp³-hybridized carbons (Fsp3) is 0.184. The molecule has 0 bridgehead atoms. The second-order valence-corrected chi connectivity index (χ2v) is 16.2. The zero-order chi connectivity index (χ0) is 34.2. The molecule has 0 spiro atoms. The van der Waals surface area contributed by atoms with Crippen molar-refractivity contribution >= 4 is 27.8 Å². The first kappa shape index (κ1) is 29.5. The smallest absolute Gasteiger partial charge is 0.0546 e. The van der Waals surface area contributed by atoms with Gasteiger partial charge in [0, 0.05) is 33.0 Å². The first-order chi connectivity index (χ1) is 24.1. The maximum Gasteiger partial charge on any atom is 0.0546 e. The molecule has 242 valence electrons. The Kier molecular flexibility index (Phi) is 5.82. The van der Waals surface area contributed by atoms with Crippen molar-refractivity contribution in [3.8, 4) is 33.4 Å². The van der Waals surface area contributed by atoms with Crippen LogP contribution in [0.5, 0.6) is 0 Å². The van der Waals surface area contributed by atoms with E-state index in [0.29, 0.717) is 0 Å². The van der Waals surface area contributed by atoms with Crippen LogP contribution in [0.1, 0.15) is 74.9 Å². The third-order valence-corrected chi connectivity index (χ3v) is 12.5. The number of anilines is 3. The maximum absolute atomic E-state index is 2.55. The molecule has 50 heavy (non-hydrogen) atoms. The second-order valence-electron chi connectivity index (χ2n) is 16.2. The summed E-state index contributed by atoms with van der Waals surface area (Å²) in [5, 5.41) is 2.58. The Morgan fingerprint density at radius 2 is 0.820 bits per heavy atom. The van der Waals surface area contributed by atoms with Gasteiger partial charge in [-0.15, -0.1) is 0 Å². The first-order valence-electron chi connectivity index (χ1n) is 18.0. The zero-order valence-corrected chi connectivity index (χ0v) is 29.7. The van der Waals surface area contributed by atoms with E-state index in [2.05, 4.69) is 186 Å². The Labute approximate surface area is 295 Å². The number of hydrogen-bond acceptors (Lipinski definition) is 1. The number of fused-ring (bicyclic) bond motifs is 11. The van der Waals surface area contributed by atoms with Crippen LogP contribution in [-0.4, -0.2) is 0 Å². The normalized spacial score (nSPS) is 16.3. The van der Waals surface area contributed by atoms with Gasteiger partial charge < -0.3 is 4.90 Å². The van der Waals surface area contributed by atoms with E-state index in [0.717, 1.165) is 0 Å². The van der Waals surface area contributed by atoms with Crippen molar-refractivity contribution in [2.45, 2.75) is 57.8 Å². The van der Waals surface area contributed by atoms with E-state index in [1.54, 1.807) is 0 Å². The minimum Gasteiger partial charge on any atom is -0.310 e. The van der Waals surface area contributed by atoms with Gasteiger partial charge in [-0.1, -0.05) is 151 Å². The molecule has 0 atom stereocenters. The van der Waals surface area contributed by atoms with Gasteiger partial charge in [0.25, 0.3) is 0 Å². The van der Waals surface area contributed by atoms with Crippen LogP contribution >= 0.6 is 0 Å². The average Bonchev–Trinajstić information content (AvgIpc) is 3.61. The highest BCUT2D eigenvalue weighted by Crippen LogP contribution is 2.56. The predicted octanol–water partition coefficient (Wildman–Crippen LogP) is 13.2. The highest BCUT2D eigenvalue weighted by atomic mass is 15.1. The average molecular weight is 644 g/mol. The van der Waals surface area contributed by atoms with Crippen LogP contribution in [0.3, 0.4) is 0 Å². The fourth-order valence-electron chi connectivity index (χ4n) is 9.83. The summed E-state index contributed by atoms with van der Waals surface area (Å²) in [5.74, 6) is 0. The molecule has 0 heterocycles. The van der Waals surface area contributed by atoms with Crippen molar-refractivity contribution < 1.29 is 0 Å². The molecule has 1 nitrogen and oxygen atoms in total. The molecule has 0 N–H and O–H groups in total. The van der Waals surface area contributed by atoms with Gasteiger partial charge in [-0.05, 0) is 102 Å². The topological polar surface area (TPSA) is 3.24 Å². The fourth-order valence-corrected chi connectivity index (χ4v) is 9.83. The highest BCUT2D eigenvalue weighted by Gasteiger charge is 2.40. The van der Waals surface area contributed by atoms with E-state index in [4.69, 9.17) is 0 Å². The van der Waals surface area contributed by atoms with Gasteiger partial charge in [-0.3, -0.25) is 0 Å². The molecule has 0 aliphatic heterocycles. The SMILES string of the molecule is CC1(C)c2ccccc2-c2ccc(N(c3ccc4c(c3)C(C)(C)c3ccccc3-4)c3cccc4ccc5c(c34)-c3ccccc3C5(C)C)cc21. The summed E-state index contributed by atoms with van der Waals surface area (Å²) in [6, 6.07) is 52.9. The lowest BCUT2D eigenvalue weighted by Gasteiger charge is -2.31. The minimum absolute atomic E-state index is 0.0786. The van der Waals surface area contributed by atoms with E-state index in [-0.39, 0.29) is 16.2 Å². The van der Waals surface area contributed by atoms with Crippen LogP contribution < -0.4 is 4.90 Å². The standard InChI is InChI=1S/C49H41N/c1-47(2)40-20-12-9-17-37(40)46-41(47)27-22-30-14-13-21-44(45(30)46)50(31-23-25-35-33-15-7-10-18-38(33)48(3,4)42(35)28-31)32-24-26-36-34-16-8-11-19-39(34)49(5,6)43(36)29-32/h7-29H,1-6H3. The number of benzene rings is 7. The van der Waals surface area contributed by atoms with Crippen LogP contribution in [-0.2, 0) is 16.2 Å². The Balaban J connectivity index is 1.27. The highest BCUT2D eigenvalue weighted by molar-refractivity contribution is 6.11. The summed E-state index contributed by atoms with van der Waals surface area (Å²) in [4.78, 5) is 2.55. The van der Waals surface area contributed by atoms with Crippen LogP contribution in [0.4, 0.5) is 17.1 Å². The van der Waals surface area contributed by atoms with Crippen LogP contribution in [0, 0.1) is 0 Å². The van der Waals surface area contributed by atoms with Gasteiger partial charge in [0.05, 0.1) is 5.69 Å². The molecular weight excluding hydrogens is 603 g/mol. The van der Waals surface area contributed by atoms with Crippen molar-refractivity contribution in [2.24, 2.45) is 0 Å². The molecule has 0 aromatic heterocycles. The van der Waals surface area contributed by atoms with Crippen molar-refractivity contribution in [3.05, 3.63) is 173 Å². The predicted molar refractivity (Wildman–Crippen MR) is 211 cm³/mol. The summed E-state index contributed by atoms with van der Waals surface area (Å²) in [6.45, 7) is 14.3. The quantitative estimate of drug-likeness (QED) is 0.185. The molecule has 3 aliphatic carbocycles.